The van der Waals surface area contributed by atoms with Gasteiger partial charge in [0.2, 0.25) is 0 Å². The predicted molar refractivity (Wildman–Crippen MR) is 68.4 cm³/mol. The first kappa shape index (κ1) is 10.7. The summed E-state index contributed by atoms with van der Waals surface area (Å²) in [5.74, 6) is 0.138. The number of aromatic amines is 1. The zero-order chi connectivity index (χ0) is 12.7. The molecule has 1 aromatic carbocycles. The summed E-state index contributed by atoms with van der Waals surface area (Å²) >= 11 is 0. The van der Waals surface area contributed by atoms with Crippen LogP contribution in [0.2, 0.25) is 0 Å². The highest BCUT2D eigenvalue weighted by Crippen LogP contribution is 2.22. The van der Waals surface area contributed by atoms with Crippen LogP contribution in [0.4, 0.5) is 10.1 Å². The van der Waals surface area contributed by atoms with Crippen LogP contribution in [-0.2, 0) is 0 Å². The fraction of sp³-hybridized carbons (Fsp3) is 0.0769. The Morgan fingerprint density at radius 3 is 2.78 bits per heavy atom. The van der Waals surface area contributed by atoms with Crippen molar-refractivity contribution in [3.05, 3.63) is 41.8 Å². The van der Waals surface area contributed by atoms with Crippen molar-refractivity contribution >= 4 is 16.9 Å². The van der Waals surface area contributed by atoms with Gasteiger partial charge in [-0.2, -0.15) is 0 Å². The van der Waals surface area contributed by atoms with Gasteiger partial charge in [-0.15, -0.1) is 0 Å². The quantitative estimate of drug-likeness (QED) is 0.644. The number of aryl methyl sites for hydroxylation is 1. The van der Waals surface area contributed by atoms with E-state index in [1.165, 1.54) is 12.1 Å². The standard InChI is InChI=1S/C13H11FN4/c1-7-2-5-11-13(16-7)18-12(17-11)8-3-4-10(15)9(14)6-8/h2-6H,15H2,1H3,(H,16,17,18). The largest absolute Gasteiger partial charge is 0.396 e. The van der Waals surface area contributed by atoms with Crippen molar-refractivity contribution in [2.45, 2.75) is 6.92 Å². The molecule has 0 unspecified atom stereocenters. The fourth-order valence-corrected chi connectivity index (χ4v) is 1.80. The Labute approximate surface area is 103 Å². The van der Waals surface area contributed by atoms with Crippen LogP contribution < -0.4 is 5.73 Å². The monoisotopic (exact) mass is 242 g/mol. The van der Waals surface area contributed by atoms with Crippen LogP contribution in [0.15, 0.2) is 30.3 Å². The number of hydrogen-bond donors (Lipinski definition) is 2. The number of nitrogens with zero attached hydrogens (tertiary/aromatic N) is 2. The molecule has 2 aromatic heterocycles. The average molecular weight is 242 g/mol. The maximum atomic E-state index is 13.4. The highest BCUT2D eigenvalue weighted by atomic mass is 19.1. The molecule has 3 N–H and O–H groups in total. The predicted octanol–water partition coefficient (Wildman–Crippen LogP) is 2.65. The smallest absolute Gasteiger partial charge is 0.178 e. The van der Waals surface area contributed by atoms with Crippen molar-refractivity contribution in [3.63, 3.8) is 0 Å². The molecule has 0 spiro atoms. The molecule has 0 amide bonds. The minimum Gasteiger partial charge on any atom is -0.396 e. The maximum Gasteiger partial charge on any atom is 0.178 e. The van der Waals surface area contributed by atoms with Gasteiger partial charge >= 0.3 is 0 Å². The molecule has 0 atom stereocenters. The summed E-state index contributed by atoms with van der Waals surface area (Å²) in [6.45, 7) is 1.90. The first-order valence-electron chi connectivity index (χ1n) is 5.52. The van der Waals surface area contributed by atoms with Crippen LogP contribution in [0.5, 0.6) is 0 Å². The molecular weight excluding hydrogens is 231 g/mol. The lowest BCUT2D eigenvalue weighted by Crippen LogP contribution is -1.91. The van der Waals surface area contributed by atoms with Gasteiger partial charge in [-0.25, -0.2) is 14.4 Å². The van der Waals surface area contributed by atoms with Crippen LogP contribution in [-0.4, -0.2) is 15.0 Å². The van der Waals surface area contributed by atoms with E-state index >= 15 is 0 Å². The molecule has 90 valence electrons. The molecule has 0 aliphatic rings. The van der Waals surface area contributed by atoms with Gasteiger partial charge in [-0.3, -0.25) is 0 Å². The molecule has 0 radical (unpaired) electrons. The minimum absolute atomic E-state index is 0.129. The number of aromatic nitrogens is 3. The number of halogens is 1. The number of benzene rings is 1. The van der Waals surface area contributed by atoms with E-state index in [-0.39, 0.29) is 5.69 Å². The number of anilines is 1. The summed E-state index contributed by atoms with van der Waals surface area (Å²) in [6.07, 6.45) is 0. The van der Waals surface area contributed by atoms with Gasteiger partial charge in [-0.1, -0.05) is 0 Å². The van der Waals surface area contributed by atoms with E-state index in [1.54, 1.807) is 6.07 Å². The SMILES string of the molecule is Cc1ccc2[nH]c(-c3ccc(N)c(F)c3)nc2n1. The summed E-state index contributed by atoms with van der Waals surface area (Å²) in [7, 11) is 0. The molecular formula is C13H11FN4. The van der Waals surface area contributed by atoms with E-state index in [0.717, 1.165) is 11.2 Å². The molecule has 0 aliphatic heterocycles. The lowest BCUT2D eigenvalue weighted by Gasteiger charge is -1.99. The third kappa shape index (κ3) is 1.69. The zero-order valence-corrected chi connectivity index (χ0v) is 9.74. The molecule has 0 saturated carbocycles. The molecule has 3 rings (SSSR count). The number of nitrogens with one attached hydrogen (secondary N) is 1. The van der Waals surface area contributed by atoms with Crippen molar-refractivity contribution in [1.82, 2.24) is 15.0 Å². The van der Waals surface area contributed by atoms with E-state index in [1.807, 2.05) is 19.1 Å². The molecule has 3 aromatic rings. The van der Waals surface area contributed by atoms with E-state index in [4.69, 9.17) is 5.73 Å². The first-order valence-corrected chi connectivity index (χ1v) is 5.52. The van der Waals surface area contributed by atoms with Gasteiger partial charge < -0.3 is 10.7 Å². The second-order valence-electron chi connectivity index (χ2n) is 4.15. The fourth-order valence-electron chi connectivity index (χ4n) is 1.80. The summed E-state index contributed by atoms with van der Waals surface area (Å²) in [5, 5.41) is 0. The van der Waals surface area contributed by atoms with Crippen molar-refractivity contribution in [2.24, 2.45) is 0 Å². The van der Waals surface area contributed by atoms with Crippen LogP contribution in [0.25, 0.3) is 22.6 Å². The van der Waals surface area contributed by atoms with Gasteiger partial charge in [0.15, 0.2) is 5.65 Å². The van der Waals surface area contributed by atoms with Gasteiger partial charge in [0.05, 0.1) is 11.2 Å². The Morgan fingerprint density at radius 2 is 2.00 bits per heavy atom. The highest BCUT2D eigenvalue weighted by molar-refractivity contribution is 5.76. The average Bonchev–Trinajstić information content (AvgIpc) is 2.75. The number of imidazole rings is 1. The highest BCUT2D eigenvalue weighted by Gasteiger charge is 2.08. The topological polar surface area (TPSA) is 67.6 Å². The number of fused-ring (bicyclic) bond motifs is 1. The Morgan fingerprint density at radius 1 is 1.17 bits per heavy atom. The molecule has 2 heterocycles. The molecule has 0 aliphatic carbocycles. The number of H-pyrrole nitrogens is 1. The van der Waals surface area contributed by atoms with Crippen LogP contribution in [0.1, 0.15) is 5.69 Å². The second kappa shape index (κ2) is 3.80. The van der Waals surface area contributed by atoms with Crippen molar-refractivity contribution < 1.29 is 4.39 Å². The number of pyridine rings is 1. The van der Waals surface area contributed by atoms with Crippen molar-refractivity contribution in [3.8, 4) is 11.4 Å². The van der Waals surface area contributed by atoms with E-state index in [2.05, 4.69) is 15.0 Å². The number of rotatable bonds is 1. The minimum atomic E-state index is -0.447. The van der Waals surface area contributed by atoms with E-state index in [9.17, 15) is 4.39 Å². The molecule has 0 fully saturated rings. The molecule has 0 bridgehead atoms. The summed E-state index contributed by atoms with van der Waals surface area (Å²) in [4.78, 5) is 11.7. The van der Waals surface area contributed by atoms with Crippen LogP contribution in [0.3, 0.4) is 0 Å². The Balaban J connectivity index is 2.16. The third-order valence-corrected chi connectivity index (χ3v) is 2.76. The summed E-state index contributed by atoms with van der Waals surface area (Å²) < 4.78 is 13.4. The molecule has 4 nitrogen and oxygen atoms in total. The number of hydrogen-bond acceptors (Lipinski definition) is 3. The lowest BCUT2D eigenvalue weighted by molar-refractivity contribution is 0.633. The van der Waals surface area contributed by atoms with Gasteiger partial charge in [0.25, 0.3) is 0 Å². The van der Waals surface area contributed by atoms with Gasteiger partial charge in [0, 0.05) is 11.3 Å². The molecule has 5 heteroatoms. The van der Waals surface area contributed by atoms with Gasteiger partial charge in [0.1, 0.15) is 11.6 Å². The second-order valence-corrected chi connectivity index (χ2v) is 4.15. The van der Waals surface area contributed by atoms with Crippen molar-refractivity contribution in [2.75, 3.05) is 5.73 Å². The van der Waals surface area contributed by atoms with E-state index < -0.39 is 5.82 Å². The number of nitrogen functional groups attached to an aromatic ring is 1. The Hall–Kier alpha value is -2.43. The third-order valence-electron chi connectivity index (χ3n) is 2.76. The Bertz CT molecular complexity index is 733. The summed E-state index contributed by atoms with van der Waals surface area (Å²) in [5.41, 5.74) is 8.57. The molecule has 18 heavy (non-hydrogen) atoms. The van der Waals surface area contributed by atoms with Crippen molar-refractivity contribution in [1.29, 1.82) is 0 Å². The molecule has 0 saturated heterocycles. The maximum absolute atomic E-state index is 13.4. The van der Waals surface area contributed by atoms with Gasteiger partial charge in [-0.05, 0) is 37.3 Å². The van der Waals surface area contributed by atoms with E-state index in [0.29, 0.717) is 17.0 Å². The lowest BCUT2D eigenvalue weighted by atomic mass is 10.2. The Kier molecular flexibility index (Phi) is 2.26. The zero-order valence-electron chi connectivity index (χ0n) is 9.74. The summed E-state index contributed by atoms with van der Waals surface area (Å²) in [6, 6.07) is 8.41. The first-order chi connectivity index (χ1) is 8.63. The normalized spacial score (nSPS) is 11.0. The van der Waals surface area contributed by atoms with Crippen LogP contribution >= 0.6 is 0 Å². The van der Waals surface area contributed by atoms with Crippen LogP contribution in [0, 0.1) is 12.7 Å². The number of nitrogens with two attached hydrogens (primary N) is 1.